The first-order chi connectivity index (χ1) is 7.63. The van der Waals surface area contributed by atoms with Crippen LogP contribution in [-0.2, 0) is 0 Å². The van der Waals surface area contributed by atoms with Crippen LogP contribution in [-0.4, -0.2) is 18.1 Å². The van der Waals surface area contributed by atoms with Gasteiger partial charge in [0.1, 0.15) is 5.75 Å². The van der Waals surface area contributed by atoms with E-state index in [0.717, 1.165) is 18.2 Å². The number of hydrogen-bond acceptors (Lipinski definition) is 2. The van der Waals surface area contributed by atoms with Crippen LogP contribution in [0.3, 0.4) is 0 Å². The SMILES string of the molecule is [CH2]C(=O)c1cccc(OC(F)(F)C(F)(F)F)c1. The van der Waals surface area contributed by atoms with Gasteiger partial charge < -0.3 is 4.74 Å². The summed E-state index contributed by atoms with van der Waals surface area (Å²) in [6, 6.07) is 3.97. The van der Waals surface area contributed by atoms with Gasteiger partial charge in [0, 0.05) is 12.5 Å². The molecule has 0 N–H and O–H groups in total. The Kier molecular flexibility index (Phi) is 3.40. The van der Waals surface area contributed by atoms with Crippen molar-refractivity contribution in [3.8, 4) is 5.75 Å². The Labute approximate surface area is 93.0 Å². The number of benzene rings is 1. The van der Waals surface area contributed by atoms with Gasteiger partial charge >= 0.3 is 12.3 Å². The first kappa shape index (κ1) is 13.4. The van der Waals surface area contributed by atoms with Crippen LogP contribution in [0.15, 0.2) is 24.3 Å². The van der Waals surface area contributed by atoms with Gasteiger partial charge in [0.05, 0.1) is 0 Å². The maximum Gasteiger partial charge on any atom is 0.499 e. The Morgan fingerprint density at radius 3 is 2.24 bits per heavy atom. The molecule has 0 fully saturated rings. The normalized spacial score (nSPS) is 12.4. The Bertz CT molecular complexity index is 425. The van der Waals surface area contributed by atoms with Crippen LogP contribution in [0, 0.1) is 6.92 Å². The lowest BCUT2D eigenvalue weighted by Crippen LogP contribution is -2.41. The van der Waals surface area contributed by atoms with Crippen LogP contribution in [0.1, 0.15) is 10.4 Å². The highest BCUT2D eigenvalue weighted by molar-refractivity contribution is 5.99. The first-order valence-electron chi connectivity index (χ1n) is 4.23. The number of Topliss-reactive ketones (excluding diaryl/α,β-unsaturated/α-hetero) is 1. The second kappa shape index (κ2) is 4.31. The van der Waals surface area contributed by atoms with E-state index < -0.39 is 23.8 Å². The van der Waals surface area contributed by atoms with Gasteiger partial charge in [-0.1, -0.05) is 12.1 Å². The number of rotatable bonds is 3. The smallest absolute Gasteiger partial charge is 0.426 e. The average molecular weight is 253 g/mol. The van der Waals surface area contributed by atoms with Crippen molar-refractivity contribution < 1.29 is 31.5 Å². The van der Waals surface area contributed by atoms with E-state index >= 15 is 0 Å². The third-order valence-electron chi connectivity index (χ3n) is 1.73. The molecule has 1 aromatic carbocycles. The number of halogens is 5. The molecular formula is C10H6F5O2. The van der Waals surface area contributed by atoms with Crippen molar-refractivity contribution in [1.82, 2.24) is 0 Å². The number of hydrogen-bond donors (Lipinski definition) is 0. The van der Waals surface area contributed by atoms with Gasteiger partial charge in [0.2, 0.25) is 0 Å². The molecular weight excluding hydrogens is 247 g/mol. The van der Waals surface area contributed by atoms with E-state index in [0.29, 0.717) is 0 Å². The number of ketones is 1. The van der Waals surface area contributed by atoms with Crippen molar-refractivity contribution >= 4 is 5.78 Å². The lowest BCUT2D eigenvalue weighted by molar-refractivity contribution is -0.360. The molecule has 0 bridgehead atoms. The van der Waals surface area contributed by atoms with Crippen LogP contribution in [0.5, 0.6) is 5.75 Å². The largest absolute Gasteiger partial charge is 0.499 e. The van der Waals surface area contributed by atoms with Crippen molar-refractivity contribution in [2.24, 2.45) is 0 Å². The highest BCUT2D eigenvalue weighted by atomic mass is 19.4. The molecule has 2 nitrogen and oxygen atoms in total. The van der Waals surface area contributed by atoms with E-state index in [9.17, 15) is 26.7 Å². The quantitative estimate of drug-likeness (QED) is 0.610. The molecule has 0 atom stereocenters. The molecule has 0 unspecified atom stereocenters. The first-order valence-corrected chi connectivity index (χ1v) is 4.23. The Morgan fingerprint density at radius 2 is 1.76 bits per heavy atom. The van der Waals surface area contributed by atoms with E-state index in [1.54, 1.807) is 0 Å². The Balaban J connectivity index is 2.96. The van der Waals surface area contributed by atoms with Gasteiger partial charge in [-0.3, -0.25) is 4.79 Å². The lowest BCUT2D eigenvalue weighted by Gasteiger charge is -2.20. The molecule has 0 amide bonds. The summed E-state index contributed by atoms with van der Waals surface area (Å²) < 4.78 is 64.0. The van der Waals surface area contributed by atoms with Gasteiger partial charge in [-0.05, 0) is 12.1 Å². The van der Waals surface area contributed by atoms with Crippen molar-refractivity contribution in [2.75, 3.05) is 0 Å². The van der Waals surface area contributed by atoms with Crippen LogP contribution < -0.4 is 4.74 Å². The van der Waals surface area contributed by atoms with Gasteiger partial charge in [0.25, 0.3) is 0 Å². The highest BCUT2D eigenvalue weighted by Crippen LogP contribution is 2.37. The standard InChI is InChI=1S/C10H6F5O2/c1-6(16)7-3-2-4-8(5-7)17-10(14,15)9(11,12)13/h2-5H,1H2. The van der Waals surface area contributed by atoms with Crippen LogP contribution >= 0.6 is 0 Å². The third kappa shape index (κ3) is 3.15. The van der Waals surface area contributed by atoms with E-state index in [-0.39, 0.29) is 5.56 Å². The van der Waals surface area contributed by atoms with Crippen molar-refractivity contribution in [3.63, 3.8) is 0 Å². The molecule has 1 rings (SSSR count). The number of alkyl halides is 5. The van der Waals surface area contributed by atoms with Crippen LogP contribution in [0.25, 0.3) is 0 Å². The fraction of sp³-hybridized carbons (Fsp3) is 0.200. The van der Waals surface area contributed by atoms with Gasteiger partial charge in [-0.2, -0.15) is 22.0 Å². The van der Waals surface area contributed by atoms with Gasteiger partial charge in [-0.25, -0.2) is 0 Å². The molecule has 0 aliphatic carbocycles. The molecule has 7 heteroatoms. The van der Waals surface area contributed by atoms with Crippen LogP contribution in [0.4, 0.5) is 22.0 Å². The molecule has 0 saturated carbocycles. The molecule has 1 aromatic rings. The zero-order chi connectivity index (χ0) is 13.3. The van der Waals surface area contributed by atoms with E-state index in [2.05, 4.69) is 11.7 Å². The van der Waals surface area contributed by atoms with E-state index in [1.165, 1.54) is 6.07 Å². The topological polar surface area (TPSA) is 26.3 Å². The molecule has 0 aliphatic heterocycles. The third-order valence-corrected chi connectivity index (χ3v) is 1.73. The average Bonchev–Trinajstić information content (AvgIpc) is 2.15. The summed E-state index contributed by atoms with van der Waals surface area (Å²) in [5, 5.41) is 0. The predicted molar refractivity (Wildman–Crippen MR) is 47.8 cm³/mol. The predicted octanol–water partition coefficient (Wildman–Crippen LogP) is 3.24. The molecule has 0 spiro atoms. The minimum absolute atomic E-state index is 0.125. The summed E-state index contributed by atoms with van der Waals surface area (Å²) in [6.07, 6.45) is -11.1. The van der Waals surface area contributed by atoms with Crippen LogP contribution in [0.2, 0.25) is 0 Å². The minimum Gasteiger partial charge on any atom is -0.426 e. The van der Waals surface area contributed by atoms with Gasteiger partial charge in [-0.15, -0.1) is 0 Å². The molecule has 0 heterocycles. The van der Waals surface area contributed by atoms with Crippen molar-refractivity contribution in [2.45, 2.75) is 12.3 Å². The van der Waals surface area contributed by atoms with Crippen molar-refractivity contribution in [3.05, 3.63) is 36.8 Å². The molecule has 1 radical (unpaired) electrons. The molecule has 0 aliphatic rings. The summed E-state index contributed by atoms with van der Waals surface area (Å²) in [7, 11) is 0. The fourth-order valence-corrected chi connectivity index (χ4v) is 0.939. The maximum atomic E-state index is 12.5. The Hall–Kier alpha value is -1.66. The number of carbonyl (C=O) groups is 1. The summed E-state index contributed by atoms with van der Waals surface area (Å²) in [5.41, 5.74) is -0.125. The lowest BCUT2D eigenvalue weighted by atomic mass is 10.1. The summed E-state index contributed by atoms with van der Waals surface area (Å²) in [4.78, 5) is 10.8. The van der Waals surface area contributed by atoms with E-state index in [4.69, 9.17) is 0 Å². The zero-order valence-electron chi connectivity index (χ0n) is 8.22. The van der Waals surface area contributed by atoms with Gasteiger partial charge in [0.15, 0.2) is 5.78 Å². The van der Waals surface area contributed by atoms with E-state index in [1.807, 2.05) is 0 Å². The second-order valence-corrected chi connectivity index (χ2v) is 3.07. The monoisotopic (exact) mass is 253 g/mol. The fourth-order valence-electron chi connectivity index (χ4n) is 0.939. The number of carbonyl (C=O) groups excluding carboxylic acids is 1. The summed E-state index contributed by atoms with van der Waals surface area (Å²) in [6.45, 7) is 2.99. The zero-order valence-corrected chi connectivity index (χ0v) is 8.22. The van der Waals surface area contributed by atoms with Crippen molar-refractivity contribution in [1.29, 1.82) is 0 Å². The highest BCUT2D eigenvalue weighted by Gasteiger charge is 2.61. The molecule has 0 saturated heterocycles. The minimum atomic E-state index is -5.82. The maximum absolute atomic E-state index is 12.5. The summed E-state index contributed by atoms with van der Waals surface area (Å²) in [5.74, 6) is -1.48. The molecule has 17 heavy (non-hydrogen) atoms. The molecule has 93 valence electrons. The Morgan fingerprint density at radius 1 is 1.18 bits per heavy atom. The number of ether oxygens (including phenoxy) is 1. The molecule has 0 aromatic heterocycles. The second-order valence-electron chi connectivity index (χ2n) is 3.07. The summed E-state index contributed by atoms with van der Waals surface area (Å²) >= 11 is 0.